The lowest BCUT2D eigenvalue weighted by Crippen LogP contribution is -2.69. The van der Waals surface area contributed by atoms with E-state index in [0.29, 0.717) is 4.90 Å². The minimum absolute atomic E-state index is 0.0172. The lowest BCUT2D eigenvalue weighted by atomic mass is 10.1. The summed E-state index contributed by atoms with van der Waals surface area (Å²) >= 11 is 0.892. The number of imide groups is 1. The maximum absolute atomic E-state index is 13.8. The number of rotatable bonds is 4. The van der Waals surface area contributed by atoms with Gasteiger partial charge in [-0.2, -0.15) is 13.2 Å². The summed E-state index contributed by atoms with van der Waals surface area (Å²) in [6.07, 6.45) is -5.29. The fraction of sp³-hybridized carbons (Fsp3) is 0.188. The van der Waals surface area contributed by atoms with Gasteiger partial charge in [0, 0.05) is 0 Å². The van der Waals surface area contributed by atoms with Gasteiger partial charge in [0.2, 0.25) is 0 Å². The molecule has 11 heteroatoms. The van der Waals surface area contributed by atoms with Crippen LogP contribution in [0.5, 0.6) is 5.75 Å². The van der Waals surface area contributed by atoms with Crippen molar-refractivity contribution in [1.29, 1.82) is 0 Å². The van der Waals surface area contributed by atoms with Crippen LogP contribution in [0.2, 0.25) is 0 Å². The number of halogens is 3. The van der Waals surface area contributed by atoms with E-state index in [0.717, 1.165) is 11.3 Å². The zero-order valence-electron chi connectivity index (χ0n) is 13.7. The second kappa shape index (κ2) is 6.58. The van der Waals surface area contributed by atoms with Crippen LogP contribution >= 0.6 is 11.3 Å². The Morgan fingerprint density at radius 3 is 2.52 bits per heavy atom. The van der Waals surface area contributed by atoms with E-state index in [-0.39, 0.29) is 16.3 Å². The van der Waals surface area contributed by atoms with Gasteiger partial charge in [-0.1, -0.05) is 18.2 Å². The van der Waals surface area contributed by atoms with E-state index in [4.69, 9.17) is 4.74 Å². The third-order valence-electron chi connectivity index (χ3n) is 3.82. The summed E-state index contributed by atoms with van der Waals surface area (Å²) < 4.78 is 46.4. The Labute approximate surface area is 154 Å². The molecule has 2 heterocycles. The van der Waals surface area contributed by atoms with Crippen LogP contribution in [-0.2, 0) is 4.79 Å². The van der Waals surface area contributed by atoms with Gasteiger partial charge in [0.25, 0.3) is 17.5 Å². The standard InChI is InChI=1S/C16H12F3N3O4S/c1-26-10-6-3-2-5-9(10)22-13(24)15(16(17,18)19,21-14(22)25)20-12(23)11-7-4-8-27-11/h2-8H,1H3,(H,20,23)(H,21,25)/t15-/m1/s1. The number of carbonyl (C=O) groups excluding carboxylic acids is 3. The molecule has 0 spiro atoms. The summed E-state index contributed by atoms with van der Waals surface area (Å²) in [5.41, 5.74) is -3.77. The summed E-state index contributed by atoms with van der Waals surface area (Å²) in [7, 11) is 1.24. The van der Waals surface area contributed by atoms with Crippen LogP contribution in [0.1, 0.15) is 9.67 Å². The zero-order valence-corrected chi connectivity index (χ0v) is 14.5. The number of alkyl halides is 3. The highest BCUT2D eigenvalue weighted by atomic mass is 32.1. The molecule has 1 fully saturated rings. The SMILES string of the molecule is COc1ccccc1N1C(=O)N[C@@](NC(=O)c2cccs2)(C(F)(F)F)C1=O. The van der Waals surface area contributed by atoms with Crippen LogP contribution < -0.4 is 20.3 Å². The molecule has 1 atom stereocenters. The van der Waals surface area contributed by atoms with Gasteiger partial charge in [-0.25, -0.2) is 9.69 Å². The van der Waals surface area contributed by atoms with Crippen LogP contribution in [0.4, 0.5) is 23.7 Å². The Kier molecular flexibility index (Phi) is 4.56. The smallest absolute Gasteiger partial charge is 0.440 e. The highest BCUT2D eigenvalue weighted by Crippen LogP contribution is 2.38. The number of thiophene rings is 1. The first-order valence-electron chi connectivity index (χ1n) is 7.44. The van der Waals surface area contributed by atoms with Gasteiger partial charge in [-0.15, -0.1) is 11.3 Å². The first-order valence-corrected chi connectivity index (χ1v) is 8.31. The van der Waals surface area contributed by atoms with E-state index in [9.17, 15) is 27.6 Å². The van der Waals surface area contributed by atoms with E-state index < -0.39 is 29.7 Å². The molecule has 1 saturated heterocycles. The van der Waals surface area contributed by atoms with Crippen LogP contribution in [0.15, 0.2) is 41.8 Å². The van der Waals surface area contributed by atoms with Gasteiger partial charge in [0.15, 0.2) is 0 Å². The largest absolute Gasteiger partial charge is 0.495 e. The molecule has 3 rings (SSSR count). The Morgan fingerprint density at radius 1 is 1.22 bits per heavy atom. The van der Waals surface area contributed by atoms with E-state index in [2.05, 4.69) is 0 Å². The third-order valence-corrected chi connectivity index (χ3v) is 4.69. The Bertz CT molecular complexity index is 901. The number of ether oxygens (including phenoxy) is 1. The fourth-order valence-corrected chi connectivity index (χ4v) is 3.17. The normalized spacial score (nSPS) is 19.8. The first kappa shape index (κ1) is 18.7. The lowest BCUT2D eigenvalue weighted by molar-refractivity contribution is -0.197. The lowest BCUT2D eigenvalue weighted by Gasteiger charge is -2.29. The molecule has 0 saturated carbocycles. The summed E-state index contributed by atoms with van der Waals surface area (Å²) in [6.45, 7) is 0. The van der Waals surface area contributed by atoms with Crippen molar-refractivity contribution in [3.8, 4) is 5.75 Å². The zero-order chi connectivity index (χ0) is 19.8. The average Bonchev–Trinajstić information content (AvgIpc) is 3.22. The number of amides is 4. The van der Waals surface area contributed by atoms with Crippen molar-refractivity contribution in [3.63, 3.8) is 0 Å². The Balaban J connectivity index is 2.04. The number of para-hydroxylation sites is 2. The number of benzene rings is 1. The molecule has 7 nitrogen and oxygen atoms in total. The van der Waals surface area contributed by atoms with Crippen molar-refractivity contribution in [1.82, 2.24) is 10.6 Å². The number of nitrogens with one attached hydrogen (secondary N) is 2. The quantitative estimate of drug-likeness (QED) is 0.774. The average molecular weight is 399 g/mol. The predicted molar refractivity (Wildman–Crippen MR) is 89.6 cm³/mol. The molecule has 27 heavy (non-hydrogen) atoms. The molecule has 2 aromatic rings. The van der Waals surface area contributed by atoms with Crippen molar-refractivity contribution in [2.45, 2.75) is 11.8 Å². The second-order valence-electron chi connectivity index (χ2n) is 5.42. The molecule has 0 unspecified atom stereocenters. The Hall–Kier alpha value is -3.08. The van der Waals surface area contributed by atoms with Crippen LogP contribution in [-0.4, -0.2) is 36.8 Å². The number of urea groups is 1. The molecule has 4 amide bonds. The number of anilines is 1. The van der Waals surface area contributed by atoms with Crippen molar-refractivity contribution in [2.24, 2.45) is 0 Å². The van der Waals surface area contributed by atoms with Crippen molar-refractivity contribution in [3.05, 3.63) is 46.7 Å². The summed E-state index contributed by atoms with van der Waals surface area (Å²) in [5.74, 6) is -2.81. The topological polar surface area (TPSA) is 87.7 Å². The summed E-state index contributed by atoms with van der Waals surface area (Å²) in [6, 6.07) is 7.01. The van der Waals surface area contributed by atoms with Gasteiger partial charge < -0.3 is 10.1 Å². The number of carbonyl (C=O) groups is 3. The molecule has 2 N–H and O–H groups in total. The maximum Gasteiger partial charge on any atom is 0.440 e. The van der Waals surface area contributed by atoms with E-state index in [1.165, 1.54) is 48.9 Å². The van der Waals surface area contributed by atoms with Crippen LogP contribution in [0.25, 0.3) is 0 Å². The molecular weight excluding hydrogens is 387 g/mol. The second-order valence-corrected chi connectivity index (χ2v) is 6.37. The summed E-state index contributed by atoms with van der Waals surface area (Å²) in [4.78, 5) is 37.4. The van der Waals surface area contributed by atoms with Gasteiger partial charge in [-0.05, 0) is 23.6 Å². The van der Waals surface area contributed by atoms with Crippen molar-refractivity contribution >= 4 is 34.9 Å². The Morgan fingerprint density at radius 2 is 1.93 bits per heavy atom. The van der Waals surface area contributed by atoms with E-state index in [1.807, 2.05) is 0 Å². The van der Waals surface area contributed by atoms with Crippen molar-refractivity contribution < 1.29 is 32.3 Å². The van der Waals surface area contributed by atoms with Crippen LogP contribution in [0.3, 0.4) is 0 Å². The third kappa shape index (κ3) is 2.99. The molecule has 1 aliphatic rings. The fourth-order valence-electron chi connectivity index (χ4n) is 2.55. The number of hydrogen-bond donors (Lipinski definition) is 2. The number of methoxy groups -OCH3 is 1. The minimum atomic E-state index is -5.29. The van der Waals surface area contributed by atoms with Crippen LogP contribution in [0, 0.1) is 0 Å². The molecular formula is C16H12F3N3O4S. The summed E-state index contributed by atoms with van der Waals surface area (Å²) in [5, 5.41) is 4.71. The van der Waals surface area contributed by atoms with Gasteiger partial charge in [-0.3, -0.25) is 14.9 Å². The van der Waals surface area contributed by atoms with E-state index in [1.54, 1.807) is 10.6 Å². The molecule has 1 aliphatic heterocycles. The predicted octanol–water partition coefficient (Wildman–Crippen LogP) is 2.50. The van der Waals surface area contributed by atoms with E-state index >= 15 is 0 Å². The highest BCUT2D eigenvalue weighted by molar-refractivity contribution is 7.12. The molecule has 1 aromatic carbocycles. The monoisotopic (exact) mass is 399 g/mol. The van der Waals surface area contributed by atoms with Gasteiger partial charge in [0.05, 0.1) is 17.7 Å². The minimum Gasteiger partial charge on any atom is -0.495 e. The molecule has 1 aromatic heterocycles. The first-order chi connectivity index (χ1) is 12.7. The van der Waals surface area contributed by atoms with Crippen molar-refractivity contribution in [2.75, 3.05) is 12.0 Å². The number of nitrogens with zero attached hydrogens (tertiary/aromatic N) is 1. The molecule has 0 bridgehead atoms. The number of hydrogen-bond acceptors (Lipinski definition) is 5. The molecule has 0 aliphatic carbocycles. The van der Waals surface area contributed by atoms with Gasteiger partial charge >= 0.3 is 12.2 Å². The molecule has 142 valence electrons. The van der Waals surface area contributed by atoms with Gasteiger partial charge in [0.1, 0.15) is 5.75 Å². The highest BCUT2D eigenvalue weighted by Gasteiger charge is 2.69. The molecule has 0 radical (unpaired) electrons. The maximum atomic E-state index is 13.8.